The molecular weight excluding hydrogens is 245 g/mol. The van der Waals surface area contributed by atoms with Crippen molar-refractivity contribution < 1.29 is 14.3 Å². The fraction of sp³-hybridized carbons (Fsp3) is 0.400. The van der Waals surface area contributed by atoms with Gasteiger partial charge in [0.1, 0.15) is 12.4 Å². The largest absolute Gasteiger partial charge is 0.384 e. The lowest BCUT2D eigenvalue weighted by molar-refractivity contribution is 0.0931. The highest BCUT2D eigenvalue weighted by Crippen LogP contribution is 2.32. The molecule has 0 radical (unpaired) electrons. The summed E-state index contributed by atoms with van der Waals surface area (Å²) < 4.78 is 13.7. The number of hydrogen-bond acceptors (Lipinski definition) is 2. The van der Waals surface area contributed by atoms with E-state index < -0.39 is 11.7 Å². The van der Waals surface area contributed by atoms with Crippen molar-refractivity contribution in [3.05, 3.63) is 35.1 Å². The van der Waals surface area contributed by atoms with Gasteiger partial charge in [-0.25, -0.2) is 4.39 Å². The number of halogens is 1. The first-order valence-corrected chi connectivity index (χ1v) is 6.32. The molecule has 1 aliphatic carbocycles. The zero-order valence-electron chi connectivity index (χ0n) is 10.7. The van der Waals surface area contributed by atoms with Gasteiger partial charge in [-0.3, -0.25) is 4.79 Å². The minimum Gasteiger partial charge on any atom is -0.384 e. The highest BCUT2D eigenvalue weighted by molar-refractivity contribution is 5.95. The zero-order chi connectivity index (χ0) is 13.8. The van der Waals surface area contributed by atoms with Crippen molar-refractivity contribution in [2.24, 2.45) is 5.92 Å². The highest BCUT2D eigenvalue weighted by Gasteiger charge is 2.29. The van der Waals surface area contributed by atoms with Crippen molar-refractivity contribution in [2.75, 3.05) is 6.61 Å². The number of nitrogens with one attached hydrogen (secondary N) is 1. The van der Waals surface area contributed by atoms with Gasteiger partial charge in [-0.15, -0.1) is 0 Å². The summed E-state index contributed by atoms with van der Waals surface area (Å²) in [4.78, 5) is 12.0. The predicted octanol–water partition coefficient (Wildman–Crippen LogP) is 1.70. The number of carbonyl (C=O) groups excluding carboxylic acids is 1. The lowest BCUT2D eigenvalue weighted by Crippen LogP contribution is -2.34. The second-order valence-electron chi connectivity index (χ2n) is 4.75. The molecule has 1 saturated carbocycles. The quantitative estimate of drug-likeness (QED) is 0.814. The van der Waals surface area contributed by atoms with Gasteiger partial charge in [0.25, 0.3) is 5.91 Å². The summed E-state index contributed by atoms with van der Waals surface area (Å²) in [6, 6.07) is 4.18. The van der Waals surface area contributed by atoms with E-state index in [9.17, 15) is 9.18 Å². The summed E-state index contributed by atoms with van der Waals surface area (Å²) in [6.45, 7) is 1.67. The Balaban J connectivity index is 2.14. The van der Waals surface area contributed by atoms with Gasteiger partial charge >= 0.3 is 0 Å². The van der Waals surface area contributed by atoms with Crippen molar-refractivity contribution in [2.45, 2.75) is 25.8 Å². The van der Waals surface area contributed by atoms with Crippen LogP contribution in [0.5, 0.6) is 0 Å². The number of rotatable bonds is 3. The van der Waals surface area contributed by atoms with Crippen molar-refractivity contribution >= 4 is 5.91 Å². The van der Waals surface area contributed by atoms with E-state index in [2.05, 4.69) is 17.2 Å². The summed E-state index contributed by atoms with van der Waals surface area (Å²) in [5.74, 6) is 4.67. The molecule has 0 saturated heterocycles. The van der Waals surface area contributed by atoms with Crippen molar-refractivity contribution in [1.82, 2.24) is 5.32 Å². The van der Waals surface area contributed by atoms with Gasteiger partial charge in [-0.1, -0.05) is 11.8 Å². The summed E-state index contributed by atoms with van der Waals surface area (Å²) in [5, 5.41) is 11.4. The van der Waals surface area contributed by atoms with E-state index in [1.54, 1.807) is 0 Å². The van der Waals surface area contributed by atoms with Crippen molar-refractivity contribution in [3.8, 4) is 11.8 Å². The Bertz CT molecular complexity index is 541. The summed E-state index contributed by atoms with van der Waals surface area (Å²) in [6.07, 6.45) is 2.23. The molecule has 0 heterocycles. The maximum Gasteiger partial charge on any atom is 0.254 e. The van der Waals surface area contributed by atoms with E-state index in [0.717, 1.165) is 12.8 Å². The summed E-state index contributed by atoms with van der Waals surface area (Å²) in [5.41, 5.74) is 0.511. The molecule has 1 fully saturated rings. The highest BCUT2D eigenvalue weighted by atomic mass is 19.1. The Hall–Kier alpha value is -1.86. The minimum atomic E-state index is -0.560. The van der Waals surface area contributed by atoms with E-state index in [0.29, 0.717) is 11.5 Å². The molecule has 4 heteroatoms. The Kier molecular flexibility index (Phi) is 4.18. The van der Waals surface area contributed by atoms with Gasteiger partial charge in [0.2, 0.25) is 0 Å². The Morgan fingerprint density at radius 1 is 1.58 bits per heavy atom. The van der Waals surface area contributed by atoms with Crippen LogP contribution in [-0.4, -0.2) is 23.7 Å². The van der Waals surface area contributed by atoms with Crippen LogP contribution in [0.15, 0.2) is 18.2 Å². The number of amides is 1. The molecule has 1 aliphatic rings. The molecule has 1 atom stereocenters. The number of aliphatic hydroxyl groups is 1. The Morgan fingerprint density at radius 2 is 2.32 bits per heavy atom. The predicted molar refractivity (Wildman–Crippen MR) is 70.0 cm³/mol. The van der Waals surface area contributed by atoms with Gasteiger partial charge in [-0.05, 0) is 43.9 Å². The SMILES string of the molecule is CC(NC(=O)c1cc(C#CCO)ccc1F)C1CC1. The van der Waals surface area contributed by atoms with Crippen LogP contribution in [0.25, 0.3) is 0 Å². The third kappa shape index (κ3) is 3.55. The minimum absolute atomic E-state index is 0.00256. The van der Waals surface area contributed by atoms with E-state index in [1.165, 1.54) is 18.2 Å². The average Bonchev–Trinajstić information content (AvgIpc) is 3.21. The molecule has 2 rings (SSSR count). The van der Waals surface area contributed by atoms with E-state index in [1.807, 2.05) is 6.92 Å². The molecule has 100 valence electrons. The van der Waals surface area contributed by atoms with Gasteiger partial charge in [-0.2, -0.15) is 0 Å². The number of benzene rings is 1. The van der Waals surface area contributed by atoms with Crippen LogP contribution < -0.4 is 5.32 Å². The Morgan fingerprint density at radius 3 is 2.95 bits per heavy atom. The van der Waals surface area contributed by atoms with Crippen LogP contribution in [0, 0.1) is 23.6 Å². The van der Waals surface area contributed by atoms with Crippen LogP contribution in [0.3, 0.4) is 0 Å². The molecule has 0 aliphatic heterocycles. The molecule has 3 nitrogen and oxygen atoms in total. The average molecular weight is 261 g/mol. The second kappa shape index (κ2) is 5.85. The third-order valence-electron chi connectivity index (χ3n) is 3.21. The van der Waals surface area contributed by atoms with Crippen molar-refractivity contribution in [3.63, 3.8) is 0 Å². The molecule has 1 unspecified atom stereocenters. The smallest absolute Gasteiger partial charge is 0.254 e. The van der Waals surface area contributed by atoms with Crippen LogP contribution in [0.4, 0.5) is 4.39 Å². The summed E-state index contributed by atoms with van der Waals surface area (Å²) >= 11 is 0. The molecule has 19 heavy (non-hydrogen) atoms. The van der Waals surface area contributed by atoms with E-state index >= 15 is 0 Å². The van der Waals surface area contributed by atoms with Crippen LogP contribution in [-0.2, 0) is 0 Å². The zero-order valence-corrected chi connectivity index (χ0v) is 10.7. The normalized spacial score (nSPS) is 15.3. The van der Waals surface area contributed by atoms with Crippen molar-refractivity contribution in [1.29, 1.82) is 0 Å². The molecule has 1 aromatic carbocycles. The standard InChI is InChI=1S/C15H16FNO2/c1-10(12-5-6-12)17-15(19)13-9-11(3-2-8-18)4-7-14(13)16/h4,7,9-10,12,18H,5-6,8H2,1H3,(H,17,19). The molecule has 1 amide bonds. The number of carbonyl (C=O) groups is 1. The first kappa shape index (κ1) is 13.6. The fourth-order valence-corrected chi connectivity index (χ4v) is 1.92. The fourth-order valence-electron chi connectivity index (χ4n) is 1.92. The maximum absolute atomic E-state index is 13.7. The second-order valence-corrected chi connectivity index (χ2v) is 4.75. The monoisotopic (exact) mass is 261 g/mol. The lowest BCUT2D eigenvalue weighted by atomic mass is 10.1. The van der Waals surface area contributed by atoms with Crippen LogP contribution in [0.1, 0.15) is 35.7 Å². The van der Waals surface area contributed by atoms with E-state index in [4.69, 9.17) is 5.11 Å². The van der Waals surface area contributed by atoms with Gasteiger partial charge in [0.05, 0.1) is 5.56 Å². The Labute approximate surface area is 111 Å². The van der Waals surface area contributed by atoms with Gasteiger partial charge in [0.15, 0.2) is 0 Å². The first-order chi connectivity index (χ1) is 9.11. The summed E-state index contributed by atoms with van der Waals surface area (Å²) in [7, 11) is 0. The van der Waals surface area contributed by atoms with Gasteiger partial charge in [0, 0.05) is 11.6 Å². The number of hydrogen-bond donors (Lipinski definition) is 2. The number of aliphatic hydroxyl groups excluding tert-OH is 1. The first-order valence-electron chi connectivity index (χ1n) is 6.32. The maximum atomic E-state index is 13.7. The lowest BCUT2D eigenvalue weighted by Gasteiger charge is -2.13. The topological polar surface area (TPSA) is 49.3 Å². The van der Waals surface area contributed by atoms with Crippen LogP contribution in [0.2, 0.25) is 0 Å². The molecular formula is C15H16FNO2. The third-order valence-corrected chi connectivity index (χ3v) is 3.21. The van der Waals surface area contributed by atoms with E-state index in [-0.39, 0.29) is 18.2 Å². The molecule has 0 spiro atoms. The molecule has 2 N–H and O–H groups in total. The molecule has 0 bridgehead atoms. The molecule has 1 aromatic rings. The molecule has 0 aromatic heterocycles. The van der Waals surface area contributed by atoms with Crippen LogP contribution >= 0.6 is 0 Å². The van der Waals surface area contributed by atoms with Gasteiger partial charge < -0.3 is 10.4 Å².